The number of rotatable bonds is 8. The fourth-order valence-corrected chi connectivity index (χ4v) is 2.57. The highest BCUT2D eigenvalue weighted by molar-refractivity contribution is 5.94. The first kappa shape index (κ1) is 21.6. The highest BCUT2D eigenvalue weighted by Gasteiger charge is 2.21. The van der Waals surface area contributed by atoms with Crippen LogP contribution in [0.4, 0.5) is 5.69 Å². The molecule has 10 nitrogen and oxygen atoms in total. The van der Waals surface area contributed by atoms with Crippen molar-refractivity contribution < 1.29 is 19.2 Å². The second-order valence-electron chi connectivity index (χ2n) is 6.19. The van der Waals surface area contributed by atoms with Gasteiger partial charge in [-0.3, -0.25) is 19.7 Å². The number of hydrogen-bond acceptors (Lipinski definition) is 7. The minimum absolute atomic E-state index is 0.0136. The van der Waals surface area contributed by atoms with Crippen LogP contribution in [0.25, 0.3) is 0 Å². The molecule has 0 fully saturated rings. The van der Waals surface area contributed by atoms with Crippen LogP contribution in [0, 0.1) is 10.1 Å². The number of nitrogens with one attached hydrogen (secondary N) is 1. The molecule has 1 heterocycles. The van der Waals surface area contributed by atoms with Crippen LogP contribution >= 0.6 is 0 Å². The first-order valence-electron chi connectivity index (χ1n) is 8.83. The van der Waals surface area contributed by atoms with Gasteiger partial charge in [0, 0.05) is 23.9 Å². The normalized spacial score (nSPS) is 10.9. The molecule has 10 heteroatoms. The van der Waals surface area contributed by atoms with Crippen molar-refractivity contribution in [3.63, 3.8) is 0 Å². The molecule has 29 heavy (non-hydrogen) atoms. The van der Waals surface area contributed by atoms with E-state index in [-0.39, 0.29) is 35.4 Å². The summed E-state index contributed by atoms with van der Waals surface area (Å²) in [6, 6.07) is 5.63. The Morgan fingerprint density at radius 2 is 2.14 bits per heavy atom. The van der Waals surface area contributed by atoms with Gasteiger partial charge in [-0.05, 0) is 39.0 Å². The number of benzene rings is 1. The smallest absolute Gasteiger partial charge is 0.315 e. The van der Waals surface area contributed by atoms with Crippen molar-refractivity contribution in [1.29, 1.82) is 0 Å². The number of carbonyl (C=O) groups excluding carboxylic acids is 1. The van der Waals surface area contributed by atoms with Gasteiger partial charge >= 0.3 is 5.69 Å². The van der Waals surface area contributed by atoms with Gasteiger partial charge in [0.2, 0.25) is 5.75 Å². The molecule has 1 amide bonds. The Morgan fingerprint density at radius 3 is 2.72 bits per heavy atom. The van der Waals surface area contributed by atoms with E-state index in [2.05, 4.69) is 10.5 Å². The van der Waals surface area contributed by atoms with Crippen LogP contribution in [-0.4, -0.2) is 35.3 Å². The third kappa shape index (κ3) is 4.98. The maximum atomic E-state index is 12.3. The van der Waals surface area contributed by atoms with Gasteiger partial charge in [0.15, 0.2) is 5.75 Å². The van der Waals surface area contributed by atoms with Crippen molar-refractivity contribution >= 4 is 17.8 Å². The van der Waals surface area contributed by atoms with Crippen molar-refractivity contribution in [2.75, 3.05) is 13.7 Å². The molecule has 0 unspecified atom stereocenters. The minimum Gasteiger partial charge on any atom is -0.493 e. The Bertz CT molecular complexity index is 997. The van der Waals surface area contributed by atoms with E-state index in [1.165, 1.54) is 36.1 Å². The molecule has 0 spiro atoms. The molecule has 1 aromatic heterocycles. The molecular formula is C19H22N4O6. The highest BCUT2D eigenvalue weighted by Crippen LogP contribution is 2.37. The van der Waals surface area contributed by atoms with Crippen molar-refractivity contribution in [3.8, 4) is 11.5 Å². The molecule has 0 saturated heterocycles. The Kier molecular flexibility index (Phi) is 7.07. The summed E-state index contributed by atoms with van der Waals surface area (Å²) in [5, 5.41) is 15.1. The molecule has 2 rings (SSSR count). The first-order chi connectivity index (χ1) is 13.8. The van der Waals surface area contributed by atoms with E-state index in [1.54, 1.807) is 19.2 Å². The lowest BCUT2D eigenvalue weighted by molar-refractivity contribution is -0.385. The van der Waals surface area contributed by atoms with Gasteiger partial charge in [-0.25, -0.2) is 5.43 Å². The molecular weight excluding hydrogens is 380 g/mol. The summed E-state index contributed by atoms with van der Waals surface area (Å²) in [6.45, 7) is 5.58. The Hall–Kier alpha value is -3.69. The summed E-state index contributed by atoms with van der Waals surface area (Å²) in [5.74, 6) is -0.509. The van der Waals surface area contributed by atoms with Crippen LogP contribution in [0.15, 0.2) is 40.4 Å². The van der Waals surface area contributed by atoms with Gasteiger partial charge in [-0.2, -0.15) is 5.10 Å². The molecule has 0 aliphatic heterocycles. The summed E-state index contributed by atoms with van der Waals surface area (Å²) < 4.78 is 11.9. The van der Waals surface area contributed by atoms with Gasteiger partial charge in [0.1, 0.15) is 5.56 Å². The molecule has 0 saturated carbocycles. The maximum absolute atomic E-state index is 12.3. The summed E-state index contributed by atoms with van der Waals surface area (Å²) in [4.78, 5) is 35.3. The molecule has 0 aliphatic rings. The molecule has 0 atom stereocenters. The topological polar surface area (TPSA) is 125 Å². The second kappa shape index (κ2) is 9.49. The minimum atomic E-state index is -0.686. The SMILES string of the molecule is CCOc1c(OC)cc(/C=N\NC(=O)c2cccn(C(C)C)c2=O)cc1[N+](=O)[O-]. The number of nitro groups is 1. The fraction of sp³-hybridized carbons (Fsp3) is 0.316. The fourth-order valence-electron chi connectivity index (χ4n) is 2.57. The number of aromatic nitrogens is 1. The van der Waals surface area contributed by atoms with Gasteiger partial charge < -0.3 is 14.0 Å². The van der Waals surface area contributed by atoms with Gasteiger partial charge in [0.25, 0.3) is 11.5 Å². The summed E-state index contributed by atoms with van der Waals surface area (Å²) in [6.07, 6.45) is 2.81. The van der Waals surface area contributed by atoms with Gasteiger partial charge in [0.05, 0.1) is 24.9 Å². The van der Waals surface area contributed by atoms with Gasteiger partial charge in [-0.15, -0.1) is 0 Å². The zero-order valence-electron chi connectivity index (χ0n) is 16.5. The number of nitro benzene ring substituents is 1. The van der Waals surface area contributed by atoms with Crippen molar-refractivity contribution in [3.05, 3.63) is 62.1 Å². The number of ether oxygens (including phenoxy) is 2. The largest absolute Gasteiger partial charge is 0.493 e. The molecule has 0 radical (unpaired) electrons. The zero-order valence-corrected chi connectivity index (χ0v) is 16.5. The molecule has 1 aromatic carbocycles. The van der Waals surface area contributed by atoms with E-state index in [0.717, 1.165) is 0 Å². The Balaban J connectivity index is 2.28. The van der Waals surface area contributed by atoms with Crippen molar-refractivity contribution in [2.24, 2.45) is 5.10 Å². The predicted octanol–water partition coefficient (Wildman–Crippen LogP) is 2.51. The third-order valence-electron chi connectivity index (χ3n) is 3.92. The third-order valence-corrected chi connectivity index (χ3v) is 3.92. The zero-order chi connectivity index (χ0) is 21.6. The number of hydrazone groups is 1. The second-order valence-corrected chi connectivity index (χ2v) is 6.19. The molecule has 0 aliphatic carbocycles. The van der Waals surface area contributed by atoms with Crippen LogP contribution in [0.2, 0.25) is 0 Å². The lowest BCUT2D eigenvalue weighted by Gasteiger charge is -2.11. The van der Waals surface area contributed by atoms with E-state index in [0.29, 0.717) is 5.56 Å². The summed E-state index contributed by atoms with van der Waals surface area (Å²) >= 11 is 0. The molecule has 0 bridgehead atoms. The number of hydrogen-bond donors (Lipinski definition) is 1. The quantitative estimate of drug-likeness (QED) is 0.411. The van der Waals surface area contributed by atoms with Crippen molar-refractivity contribution in [2.45, 2.75) is 26.8 Å². The summed E-state index contributed by atoms with van der Waals surface area (Å²) in [7, 11) is 1.36. The first-order valence-corrected chi connectivity index (χ1v) is 8.83. The monoisotopic (exact) mass is 402 g/mol. The number of pyridine rings is 1. The Morgan fingerprint density at radius 1 is 1.41 bits per heavy atom. The van der Waals surface area contributed by atoms with E-state index >= 15 is 0 Å². The van der Waals surface area contributed by atoms with Crippen LogP contribution in [-0.2, 0) is 0 Å². The van der Waals surface area contributed by atoms with E-state index in [4.69, 9.17) is 9.47 Å². The number of amides is 1. The standard InChI is InChI=1S/C19H22N4O6/c1-5-29-17-15(23(26)27)9-13(10-16(17)28-4)11-20-21-18(24)14-7-6-8-22(12(2)3)19(14)25/h6-12H,5H2,1-4H3,(H,21,24)/b20-11-. The lowest BCUT2D eigenvalue weighted by Crippen LogP contribution is -2.31. The van der Waals surface area contributed by atoms with E-state index in [1.807, 2.05) is 13.8 Å². The van der Waals surface area contributed by atoms with E-state index < -0.39 is 16.4 Å². The molecule has 2 aromatic rings. The predicted molar refractivity (Wildman–Crippen MR) is 107 cm³/mol. The van der Waals surface area contributed by atoms with E-state index in [9.17, 15) is 19.7 Å². The number of methoxy groups -OCH3 is 1. The van der Waals surface area contributed by atoms with Crippen LogP contribution in [0.3, 0.4) is 0 Å². The van der Waals surface area contributed by atoms with Crippen LogP contribution in [0.1, 0.15) is 42.7 Å². The average molecular weight is 402 g/mol. The van der Waals surface area contributed by atoms with Gasteiger partial charge in [-0.1, -0.05) is 0 Å². The summed E-state index contributed by atoms with van der Waals surface area (Å²) in [5.41, 5.74) is 1.78. The van der Waals surface area contributed by atoms with Crippen LogP contribution in [0.5, 0.6) is 11.5 Å². The van der Waals surface area contributed by atoms with Crippen molar-refractivity contribution in [1.82, 2.24) is 9.99 Å². The lowest BCUT2D eigenvalue weighted by atomic mass is 10.2. The van der Waals surface area contributed by atoms with Crippen LogP contribution < -0.4 is 20.5 Å². The molecule has 1 N–H and O–H groups in total. The Labute approximate surface area is 166 Å². The average Bonchev–Trinajstić information content (AvgIpc) is 2.68. The maximum Gasteiger partial charge on any atom is 0.315 e. The highest BCUT2D eigenvalue weighted by atomic mass is 16.6. The number of nitrogens with zero attached hydrogens (tertiary/aromatic N) is 3. The number of carbonyl (C=O) groups is 1. The molecule has 154 valence electrons.